The summed E-state index contributed by atoms with van der Waals surface area (Å²) >= 11 is 0. The van der Waals surface area contributed by atoms with Crippen molar-refractivity contribution in [1.29, 1.82) is 0 Å². The van der Waals surface area contributed by atoms with Crippen LogP contribution in [-0.4, -0.2) is 33.1 Å². The second-order valence-electron chi connectivity index (χ2n) is 5.89. The molecule has 0 atom stereocenters. The molecule has 0 spiro atoms. The first kappa shape index (κ1) is 19.4. The molecule has 1 N–H and O–H groups in total. The van der Waals surface area contributed by atoms with Crippen molar-refractivity contribution in [2.75, 3.05) is 14.0 Å². The molecule has 0 radical (unpaired) electrons. The Kier molecular flexibility index (Phi) is 5.62. The second-order valence-corrected chi connectivity index (χ2v) is 5.89. The number of aromatic nitrogens is 4. The molecule has 9 heteroatoms. The third-order valence-corrected chi connectivity index (χ3v) is 4.34. The van der Waals surface area contributed by atoms with Gasteiger partial charge in [-0.2, -0.15) is 0 Å². The van der Waals surface area contributed by atoms with Gasteiger partial charge < -0.3 is 14.5 Å². The van der Waals surface area contributed by atoms with Gasteiger partial charge in [-0.3, -0.25) is 13.9 Å². The predicted octanol–water partition coefficient (Wildman–Crippen LogP) is 2.41. The van der Waals surface area contributed by atoms with Gasteiger partial charge in [-0.15, -0.1) is 0 Å². The highest BCUT2D eigenvalue weighted by atomic mass is 19.1. The number of hydrogen-bond donors (Lipinski definition) is 1. The van der Waals surface area contributed by atoms with E-state index in [2.05, 4.69) is 9.97 Å². The van der Waals surface area contributed by atoms with E-state index in [9.17, 15) is 14.0 Å². The zero-order valence-electron chi connectivity index (χ0n) is 15.9. The zero-order chi connectivity index (χ0) is 20.3. The van der Waals surface area contributed by atoms with Crippen LogP contribution in [0.4, 0.5) is 4.39 Å². The molecule has 0 bridgehead atoms. The van der Waals surface area contributed by atoms with Gasteiger partial charge in [-0.25, -0.2) is 14.2 Å². The van der Waals surface area contributed by atoms with Crippen molar-refractivity contribution in [3.8, 4) is 11.5 Å². The summed E-state index contributed by atoms with van der Waals surface area (Å²) < 4.78 is 25.1. The number of methoxy groups -OCH3 is 1. The Morgan fingerprint density at radius 2 is 1.89 bits per heavy atom. The number of aryl methyl sites for hydroxylation is 1. The van der Waals surface area contributed by atoms with Crippen molar-refractivity contribution < 1.29 is 13.9 Å². The van der Waals surface area contributed by atoms with E-state index in [1.165, 1.54) is 16.2 Å². The molecule has 2 heterocycles. The number of imidazole rings is 1. The molecule has 3 rings (SSSR count). The van der Waals surface area contributed by atoms with Crippen LogP contribution in [0.2, 0.25) is 0 Å². The van der Waals surface area contributed by atoms with E-state index in [4.69, 9.17) is 9.47 Å². The van der Waals surface area contributed by atoms with Gasteiger partial charge in [-0.05, 0) is 37.6 Å². The Hall–Kier alpha value is -3.36. The van der Waals surface area contributed by atoms with Crippen molar-refractivity contribution in [1.82, 2.24) is 19.1 Å². The van der Waals surface area contributed by atoms with Crippen molar-refractivity contribution in [2.24, 2.45) is 0 Å². The van der Waals surface area contributed by atoms with Gasteiger partial charge in [0.15, 0.2) is 17.1 Å². The minimum absolute atomic E-state index is 0.283. The number of nitrogens with one attached hydrogen (secondary N) is 1. The van der Waals surface area contributed by atoms with Gasteiger partial charge in [0, 0.05) is 13.1 Å². The Morgan fingerprint density at radius 1 is 1.14 bits per heavy atom. The van der Waals surface area contributed by atoms with E-state index >= 15 is 0 Å². The maximum Gasteiger partial charge on any atom is 0.332 e. The highest BCUT2D eigenvalue weighted by molar-refractivity contribution is 5.76. The van der Waals surface area contributed by atoms with Crippen LogP contribution in [0.15, 0.2) is 27.8 Å². The minimum Gasteiger partial charge on any atom is -0.493 e. The molecule has 0 fully saturated rings. The highest BCUT2D eigenvalue weighted by Crippen LogP contribution is 2.28. The number of rotatable bonds is 7. The molecule has 3 aromatic rings. The predicted molar refractivity (Wildman–Crippen MR) is 104 cm³/mol. The molecule has 0 unspecified atom stereocenters. The molecule has 148 valence electrons. The number of ether oxygens (including phenoxy) is 2. The number of alkyl halides is 1. The monoisotopic (exact) mass is 388 g/mol. The van der Waals surface area contributed by atoms with Crippen LogP contribution >= 0.6 is 0 Å². The first-order valence-corrected chi connectivity index (χ1v) is 8.82. The number of H-pyrrole nitrogens is 1. The lowest BCUT2D eigenvalue weighted by Crippen LogP contribution is -2.39. The van der Waals surface area contributed by atoms with Crippen LogP contribution in [0.25, 0.3) is 23.3 Å². The lowest BCUT2D eigenvalue weighted by atomic mass is 10.2. The summed E-state index contributed by atoms with van der Waals surface area (Å²) in [5.74, 6) is 1.14. The SMILES string of the molecule is CCn1c(=O)c2[nH]c(C=Cc3ccc(OCF)c(OC)c3)nc2n(CC)c1=O. The fraction of sp³-hybridized carbons (Fsp3) is 0.316. The normalized spacial score (nSPS) is 11.4. The van der Waals surface area contributed by atoms with Crippen LogP contribution < -0.4 is 20.7 Å². The average Bonchev–Trinajstić information content (AvgIpc) is 3.12. The summed E-state index contributed by atoms with van der Waals surface area (Å²) in [7, 11) is 1.47. The summed E-state index contributed by atoms with van der Waals surface area (Å²) in [6.07, 6.45) is 3.44. The van der Waals surface area contributed by atoms with E-state index in [0.29, 0.717) is 29.5 Å². The average molecular weight is 388 g/mol. The quantitative estimate of drug-likeness (QED) is 0.671. The van der Waals surface area contributed by atoms with Crippen LogP contribution in [0.3, 0.4) is 0 Å². The van der Waals surface area contributed by atoms with Gasteiger partial charge in [0.1, 0.15) is 11.3 Å². The largest absolute Gasteiger partial charge is 0.493 e. The van der Waals surface area contributed by atoms with Crippen LogP contribution in [0, 0.1) is 0 Å². The first-order chi connectivity index (χ1) is 13.5. The van der Waals surface area contributed by atoms with Gasteiger partial charge in [0.25, 0.3) is 5.56 Å². The highest BCUT2D eigenvalue weighted by Gasteiger charge is 2.14. The molecule has 28 heavy (non-hydrogen) atoms. The molecule has 0 aliphatic heterocycles. The van der Waals surface area contributed by atoms with Crippen molar-refractivity contribution in [2.45, 2.75) is 26.9 Å². The molecule has 0 amide bonds. The van der Waals surface area contributed by atoms with Crippen LogP contribution in [0.1, 0.15) is 25.2 Å². The number of halogens is 1. The maximum atomic E-state index is 12.5. The lowest BCUT2D eigenvalue weighted by Gasteiger charge is -2.08. The zero-order valence-corrected chi connectivity index (χ0v) is 15.9. The van der Waals surface area contributed by atoms with Gasteiger partial charge in [-0.1, -0.05) is 12.1 Å². The summed E-state index contributed by atoms with van der Waals surface area (Å²) in [5, 5.41) is 0. The molecule has 0 aliphatic rings. The Balaban J connectivity index is 2.02. The lowest BCUT2D eigenvalue weighted by molar-refractivity contribution is 0.184. The maximum absolute atomic E-state index is 12.5. The van der Waals surface area contributed by atoms with Gasteiger partial charge in [0.05, 0.1) is 7.11 Å². The molecule has 0 saturated heterocycles. The molecule has 1 aromatic carbocycles. The Bertz CT molecular complexity index is 1140. The van der Waals surface area contributed by atoms with Gasteiger partial charge in [0.2, 0.25) is 6.86 Å². The fourth-order valence-electron chi connectivity index (χ4n) is 2.97. The smallest absolute Gasteiger partial charge is 0.332 e. The van der Waals surface area contributed by atoms with E-state index in [1.54, 1.807) is 37.3 Å². The Labute approximate surface area is 159 Å². The summed E-state index contributed by atoms with van der Waals surface area (Å²) in [4.78, 5) is 32.3. The molecule has 0 saturated carbocycles. The fourth-order valence-corrected chi connectivity index (χ4v) is 2.97. The van der Waals surface area contributed by atoms with E-state index in [1.807, 2.05) is 6.92 Å². The topological polar surface area (TPSA) is 91.1 Å². The minimum atomic E-state index is -0.945. The first-order valence-electron chi connectivity index (χ1n) is 8.82. The molecular formula is C19H21FN4O4. The van der Waals surface area contributed by atoms with Crippen LogP contribution in [0.5, 0.6) is 11.5 Å². The van der Waals surface area contributed by atoms with E-state index in [-0.39, 0.29) is 17.8 Å². The van der Waals surface area contributed by atoms with E-state index in [0.717, 1.165) is 5.56 Å². The molecule has 2 aromatic heterocycles. The van der Waals surface area contributed by atoms with Crippen LogP contribution in [-0.2, 0) is 13.1 Å². The molecule has 0 aliphatic carbocycles. The van der Waals surface area contributed by atoms with E-state index < -0.39 is 12.4 Å². The molecular weight excluding hydrogens is 367 g/mol. The number of hydrogen-bond acceptors (Lipinski definition) is 5. The van der Waals surface area contributed by atoms with Gasteiger partial charge >= 0.3 is 5.69 Å². The summed E-state index contributed by atoms with van der Waals surface area (Å²) in [6, 6.07) is 5.03. The van der Waals surface area contributed by atoms with Crippen molar-refractivity contribution >= 4 is 23.3 Å². The number of benzene rings is 1. The number of nitrogens with zero attached hydrogens (tertiary/aromatic N) is 3. The number of aromatic amines is 1. The molecule has 8 nitrogen and oxygen atoms in total. The van der Waals surface area contributed by atoms with Crippen molar-refractivity contribution in [3.63, 3.8) is 0 Å². The summed E-state index contributed by atoms with van der Waals surface area (Å²) in [5.41, 5.74) is 0.604. The third kappa shape index (κ3) is 3.42. The number of fused-ring (bicyclic) bond motifs is 1. The Morgan fingerprint density at radius 3 is 2.54 bits per heavy atom. The second kappa shape index (κ2) is 8.12. The third-order valence-electron chi connectivity index (χ3n) is 4.34. The summed E-state index contributed by atoms with van der Waals surface area (Å²) in [6.45, 7) is 3.30. The van der Waals surface area contributed by atoms with Crippen molar-refractivity contribution in [3.05, 3.63) is 50.4 Å². The standard InChI is InChI=1S/C19H21FN4O4/c1-4-23-17-16(18(25)24(5-2)19(23)26)21-15(22-17)9-7-12-6-8-13(28-11-20)14(10-12)27-3/h6-10H,4-5,11H2,1-3H3,(H,21,22).